The summed E-state index contributed by atoms with van der Waals surface area (Å²) in [5.74, 6) is -0.685. The van der Waals surface area contributed by atoms with Gasteiger partial charge < -0.3 is 9.68 Å². The van der Waals surface area contributed by atoms with Gasteiger partial charge in [-0.25, -0.2) is 4.79 Å². The van der Waals surface area contributed by atoms with Gasteiger partial charge in [-0.2, -0.15) is 0 Å². The molecule has 0 bridgehead atoms. The summed E-state index contributed by atoms with van der Waals surface area (Å²) in [6.07, 6.45) is 7.47. The molecule has 2 rings (SSSR count). The molecule has 0 heterocycles. The van der Waals surface area contributed by atoms with Crippen LogP contribution in [0.4, 0.5) is 0 Å². The van der Waals surface area contributed by atoms with Crippen molar-refractivity contribution in [2.45, 2.75) is 20.8 Å². The first kappa shape index (κ1) is 25.8. The van der Waals surface area contributed by atoms with E-state index in [9.17, 15) is 4.79 Å². The van der Waals surface area contributed by atoms with Crippen molar-refractivity contribution in [2.24, 2.45) is 5.16 Å². The number of nitrogens with one attached hydrogen (secondary N) is 1. The molecule has 0 saturated carbocycles. The van der Waals surface area contributed by atoms with E-state index in [0.717, 1.165) is 11.1 Å². The van der Waals surface area contributed by atoms with Gasteiger partial charge in [-0.1, -0.05) is 83.0 Å². The van der Waals surface area contributed by atoms with Gasteiger partial charge in [0.1, 0.15) is 6.61 Å². The molecule has 30 heavy (non-hydrogen) atoms. The minimum atomic E-state index is -0.685. The Bertz CT molecular complexity index is 894. The Labute approximate surface area is 199 Å². The third-order valence-electron chi connectivity index (χ3n) is 3.75. The Morgan fingerprint density at radius 1 is 0.967 bits per heavy atom. The predicted molar refractivity (Wildman–Crippen MR) is 122 cm³/mol. The molecule has 0 atom stereocenters. The van der Waals surface area contributed by atoms with Gasteiger partial charge in [-0.05, 0) is 43.6 Å². The van der Waals surface area contributed by atoms with Crippen LogP contribution in [0.1, 0.15) is 29.2 Å². The van der Waals surface area contributed by atoms with Crippen molar-refractivity contribution in [1.82, 2.24) is 5.64 Å². The van der Waals surface area contributed by atoms with E-state index in [1.807, 2.05) is 68.5 Å². The number of aryl methyl sites for hydroxylation is 2. The van der Waals surface area contributed by atoms with E-state index in [1.165, 1.54) is 18.1 Å². The number of benzene rings is 2. The van der Waals surface area contributed by atoms with Crippen molar-refractivity contribution in [3.63, 3.8) is 0 Å². The topological polar surface area (TPSA) is 69.2 Å². The molecule has 0 unspecified atom stereocenters. The zero-order chi connectivity index (χ0) is 20.9. The van der Waals surface area contributed by atoms with Gasteiger partial charge in [0, 0.05) is 0 Å². The van der Waals surface area contributed by atoms with Gasteiger partial charge in [-0.15, -0.1) is 0 Å². The van der Waals surface area contributed by atoms with Crippen molar-refractivity contribution < 1.29 is 19.3 Å². The normalized spacial score (nSPS) is 11.5. The van der Waals surface area contributed by atoms with Crippen LogP contribution in [-0.2, 0) is 19.3 Å². The van der Waals surface area contributed by atoms with E-state index in [0.29, 0.717) is 0 Å². The molecule has 0 saturated heterocycles. The van der Waals surface area contributed by atoms with Crippen LogP contribution in [0.2, 0.25) is 0 Å². The van der Waals surface area contributed by atoms with E-state index in [2.05, 4.69) is 22.9 Å². The van der Waals surface area contributed by atoms with Crippen LogP contribution in [-0.4, -0.2) is 54.5 Å². The predicted octanol–water partition coefficient (Wildman–Crippen LogP) is 3.75. The third-order valence-corrected chi connectivity index (χ3v) is 3.75. The average molecular weight is 418 g/mol. The van der Waals surface area contributed by atoms with E-state index < -0.39 is 5.97 Å². The second-order valence-electron chi connectivity index (χ2n) is 6.39. The summed E-state index contributed by atoms with van der Waals surface area (Å²) in [6, 6.07) is 16.1. The second-order valence-corrected chi connectivity index (χ2v) is 6.39. The Morgan fingerprint density at radius 3 is 2.10 bits per heavy atom. The number of nitrogens with zero attached hydrogens (tertiary/aromatic N) is 1. The molecular formula is C23H27N2NaO4. The number of carbonyl (C=O) groups is 1. The molecule has 154 valence electrons. The van der Waals surface area contributed by atoms with Gasteiger partial charge in [0.2, 0.25) is 0 Å². The molecule has 7 heteroatoms. The first-order valence-electron chi connectivity index (χ1n) is 9.25. The van der Waals surface area contributed by atoms with Crippen molar-refractivity contribution in [1.29, 1.82) is 0 Å². The molecule has 0 radical (unpaired) electrons. The fraction of sp³-hybridized carbons (Fsp3) is 0.217. The van der Waals surface area contributed by atoms with E-state index in [1.54, 1.807) is 6.08 Å². The Hall–Kier alpha value is -2.22. The molecule has 0 aliphatic carbocycles. The number of carbonyl (C=O) groups excluding carboxylic acids is 1. The average Bonchev–Trinajstić information content (AvgIpc) is 2.70. The molecular weight excluding hydrogens is 391 g/mol. The van der Waals surface area contributed by atoms with Crippen LogP contribution in [0.25, 0.3) is 12.2 Å². The van der Waals surface area contributed by atoms with Gasteiger partial charge in [-0.3, -0.25) is 4.84 Å². The first-order valence-corrected chi connectivity index (χ1v) is 9.25. The number of hydrogen-bond acceptors (Lipinski definition) is 6. The minimum absolute atomic E-state index is 0. The fourth-order valence-corrected chi connectivity index (χ4v) is 2.35. The zero-order valence-corrected chi connectivity index (χ0v) is 16.9. The molecule has 0 aliphatic rings. The van der Waals surface area contributed by atoms with Crippen LogP contribution in [0.3, 0.4) is 0 Å². The Kier molecular flexibility index (Phi) is 12.7. The number of hydrogen-bond donors (Lipinski definition) is 1. The van der Waals surface area contributed by atoms with E-state index >= 15 is 0 Å². The summed E-state index contributed by atoms with van der Waals surface area (Å²) < 4.78 is 0. The van der Waals surface area contributed by atoms with Crippen molar-refractivity contribution in [3.8, 4) is 0 Å². The van der Waals surface area contributed by atoms with Crippen LogP contribution < -0.4 is 5.64 Å². The summed E-state index contributed by atoms with van der Waals surface area (Å²) in [6.45, 7) is 6.03. The summed E-state index contributed by atoms with van der Waals surface area (Å²) in [4.78, 5) is 26.6. The van der Waals surface area contributed by atoms with Crippen molar-refractivity contribution in [3.05, 3.63) is 82.9 Å². The van der Waals surface area contributed by atoms with Crippen LogP contribution in [0.15, 0.2) is 65.8 Å². The van der Waals surface area contributed by atoms with Gasteiger partial charge in [0.25, 0.3) is 0 Å². The monoisotopic (exact) mass is 418 g/mol. The molecule has 0 aliphatic heterocycles. The molecule has 0 fully saturated rings. The fourth-order valence-electron chi connectivity index (χ4n) is 2.35. The SMILES string of the molecule is CC(=NOC/C=C/c1cccc(C)c1)C(=O)ONOC/C=C/c1cccc(C)c1.[NaH]. The van der Waals surface area contributed by atoms with Gasteiger partial charge in [0.15, 0.2) is 5.71 Å². The van der Waals surface area contributed by atoms with Crippen LogP contribution >= 0.6 is 0 Å². The Morgan fingerprint density at radius 2 is 1.53 bits per heavy atom. The van der Waals surface area contributed by atoms with Crippen molar-refractivity contribution >= 4 is 53.4 Å². The number of oxime groups is 1. The maximum atomic E-state index is 11.7. The van der Waals surface area contributed by atoms with Crippen LogP contribution in [0.5, 0.6) is 0 Å². The molecule has 6 nitrogen and oxygen atoms in total. The summed E-state index contributed by atoms with van der Waals surface area (Å²) in [5, 5.41) is 3.72. The molecule has 1 N–H and O–H groups in total. The Balaban J connectivity index is 0.00000450. The second kappa shape index (κ2) is 14.7. The summed E-state index contributed by atoms with van der Waals surface area (Å²) in [7, 11) is 0. The molecule has 2 aromatic rings. The number of rotatable bonds is 10. The van der Waals surface area contributed by atoms with Crippen LogP contribution in [0, 0.1) is 13.8 Å². The van der Waals surface area contributed by atoms with Gasteiger partial charge >= 0.3 is 35.5 Å². The molecule has 0 amide bonds. The summed E-state index contributed by atoms with van der Waals surface area (Å²) >= 11 is 0. The van der Waals surface area contributed by atoms with Gasteiger partial charge in [0.05, 0.1) is 6.61 Å². The summed E-state index contributed by atoms with van der Waals surface area (Å²) in [5.41, 5.74) is 6.73. The maximum absolute atomic E-state index is 11.7. The zero-order valence-electron chi connectivity index (χ0n) is 16.9. The first-order chi connectivity index (χ1) is 14.0. The van der Waals surface area contributed by atoms with E-state index in [-0.39, 0.29) is 48.5 Å². The van der Waals surface area contributed by atoms with E-state index in [4.69, 9.17) is 14.5 Å². The van der Waals surface area contributed by atoms with Crippen molar-refractivity contribution in [2.75, 3.05) is 13.2 Å². The molecule has 2 aromatic carbocycles. The quantitative estimate of drug-likeness (QED) is 0.275. The molecule has 0 aromatic heterocycles. The standard InChI is InChI=1S/C23H26N2O4.Na.H/c1-18-8-4-10-21(16-18)12-6-14-27-24-20(3)23(26)29-25-28-15-7-13-22-11-5-9-19(2)17-22;;/h4-13,16-17,25H,14-15H2,1-3H3;;/b12-6+,13-7+,24-20?;;. The molecule has 0 spiro atoms. The third kappa shape index (κ3) is 10.5.